The number of Topliss-reactive ketones (excluding diaryl/α,β-unsaturated/α-hetero) is 1. The van der Waals surface area contributed by atoms with E-state index in [1.807, 2.05) is 27.7 Å². The molecule has 3 aliphatic rings. The summed E-state index contributed by atoms with van der Waals surface area (Å²) in [5.74, 6) is -0.926. The molecule has 0 aromatic rings. The molecule has 0 aromatic heterocycles. The highest BCUT2D eigenvalue weighted by Crippen LogP contribution is 2.60. The molecule has 1 fully saturated rings. The molecule has 3 atom stereocenters. The number of carboxylic acid groups (broad SMARTS) is 1. The van der Waals surface area contributed by atoms with Crippen LogP contribution in [0.2, 0.25) is 0 Å². The van der Waals surface area contributed by atoms with E-state index in [4.69, 9.17) is 0 Å². The highest BCUT2D eigenvalue weighted by molar-refractivity contribution is 6.23. The van der Waals surface area contributed by atoms with E-state index in [1.165, 1.54) is 6.08 Å². The van der Waals surface area contributed by atoms with Gasteiger partial charge in [0.25, 0.3) is 0 Å². The zero-order valence-electron chi connectivity index (χ0n) is 14.9. The Balaban J connectivity index is 2.12. The standard InChI is InChI=1S/C20H26O4/c1-11(2)13-10-14(21)16-12(17(13)22)6-7-15-19(16,3)8-5-9-20(15,4)18(23)24/h10-11,15H,5-9H2,1-4H3,(H,23,24)/t15-,19+,20+/m1/s1. The second-order valence-electron chi connectivity index (χ2n) is 8.39. The normalized spacial score (nSPS) is 36.4. The molecule has 0 spiro atoms. The summed E-state index contributed by atoms with van der Waals surface area (Å²) in [7, 11) is 0. The molecule has 0 radical (unpaired) electrons. The number of carboxylic acids is 1. The monoisotopic (exact) mass is 330 g/mol. The molecular formula is C20H26O4. The van der Waals surface area contributed by atoms with Crippen molar-refractivity contribution in [3.63, 3.8) is 0 Å². The van der Waals surface area contributed by atoms with Crippen molar-refractivity contribution in [2.75, 3.05) is 0 Å². The van der Waals surface area contributed by atoms with Crippen LogP contribution >= 0.6 is 0 Å². The van der Waals surface area contributed by atoms with Crippen molar-refractivity contribution in [1.82, 2.24) is 0 Å². The molecule has 0 aromatic carbocycles. The molecule has 130 valence electrons. The summed E-state index contributed by atoms with van der Waals surface area (Å²) in [5, 5.41) is 9.80. The Kier molecular flexibility index (Phi) is 3.85. The summed E-state index contributed by atoms with van der Waals surface area (Å²) in [6.45, 7) is 7.68. The van der Waals surface area contributed by atoms with Crippen molar-refractivity contribution in [2.45, 2.75) is 59.8 Å². The average Bonchev–Trinajstić information content (AvgIpc) is 2.49. The van der Waals surface area contributed by atoms with Crippen molar-refractivity contribution in [2.24, 2.45) is 22.7 Å². The topological polar surface area (TPSA) is 71.4 Å². The lowest BCUT2D eigenvalue weighted by atomic mass is 9.48. The molecular weight excluding hydrogens is 304 g/mol. The van der Waals surface area contributed by atoms with Gasteiger partial charge in [-0.3, -0.25) is 14.4 Å². The van der Waals surface area contributed by atoms with E-state index < -0.39 is 16.8 Å². The third kappa shape index (κ3) is 2.15. The summed E-state index contributed by atoms with van der Waals surface area (Å²) >= 11 is 0. The summed E-state index contributed by atoms with van der Waals surface area (Å²) in [4.78, 5) is 37.7. The van der Waals surface area contributed by atoms with E-state index in [0.717, 1.165) is 12.8 Å². The second kappa shape index (κ2) is 5.40. The minimum atomic E-state index is -0.823. The minimum absolute atomic E-state index is 0.00174. The van der Waals surface area contributed by atoms with Crippen LogP contribution in [-0.2, 0) is 14.4 Å². The zero-order valence-corrected chi connectivity index (χ0v) is 14.9. The maximum atomic E-state index is 12.9. The number of aliphatic carboxylic acids is 1. The third-order valence-corrected chi connectivity index (χ3v) is 6.67. The molecule has 3 rings (SSSR count). The first kappa shape index (κ1) is 17.1. The Bertz CT molecular complexity index is 696. The van der Waals surface area contributed by atoms with E-state index in [2.05, 4.69) is 0 Å². The van der Waals surface area contributed by atoms with Crippen molar-refractivity contribution in [3.05, 3.63) is 22.8 Å². The van der Waals surface area contributed by atoms with E-state index in [9.17, 15) is 19.5 Å². The number of carbonyl (C=O) groups excluding carboxylic acids is 2. The van der Waals surface area contributed by atoms with E-state index >= 15 is 0 Å². The number of allylic oxidation sites excluding steroid dienone is 4. The Morgan fingerprint density at radius 3 is 2.50 bits per heavy atom. The summed E-state index contributed by atoms with van der Waals surface area (Å²) < 4.78 is 0. The van der Waals surface area contributed by atoms with Crippen LogP contribution in [-0.4, -0.2) is 22.6 Å². The maximum Gasteiger partial charge on any atom is 0.309 e. The van der Waals surface area contributed by atoms with E-state index in [0.29, 0.717) is 36.0 Å². The predicted molar refractivity (Wildman–Crippen MR) is 90.4 cm³/mol. The average molecular weight is 330 g/mol. The van der Waals surface area contributed by atoms with Gasteiger partial charge < -0.3 is 5.11 Å². The number of rotatable bonds is 2. The van der Waals surface area contributed by atoms with Gasteiger partial charge >= 0.3 is 5.97 Å². The molecule has 24 heavy (non-hydrogen) atoms. The molecule has 0 amide bonds. The van der Waals surface area contributed by atoms with Crippen molar-refractivity contribution in [1.29, 1.82) is 0 Å². The first-order chi connectivity index (χ1) is 11.1. The van der Waals surface area contributed by atoms with Gasteiger partial charge in [-0.25, -0.2) is 0 Å². The number of ketones is 2. The number of hydrogen-bond acceptors (Lipinski definition) is 3. The lowest BCUT2D eigenvalue weighted by molar-refractivity contribution is -0.159. The molecule has 1 saturated carbocycles. The molecule has 0 saturated heterocycles. The summed E-state index contributed by atoms with van der Waals surface area (Å²) in [6, 6.07) is 0. The number of carbonyl (C=O) groups is 3. The first-order valence-electron chi connectivity index (χ1n) is 8.90. The summed E-state index contributed by atoms with van der Waals surface area (Å²) in [5.41, 5.74) is 0.527. The van der Waals surface area contributed by atoms with Gasteiger partial charge in [0.2, 0.25) is 0 Å². The highest BCUT2D eigenvalue weighted by Gasteiger charge is 2.58. The van der Waals surface area contributed by atoms with E-state index in [-0.39, 0.29) is 23.4 Å². The Labute approximate surface area is 143 Å². The highest BCUT2D eigenvalue weighted by atomic mass is 16.4. The van der Waals surface area contributed by atoms with Crippen molar-refractivity contribution < 1.29 is 19.5 Å². The van der Waals surface area contributed by atoms with Crippen LogP contribution in [0.5, 0.6) is 0 Å². The van der Waals surface area contributed by atoms with Gasteiger partial charge in [0, 0.05) is 22.1 Å². The van der Waals surface area contributed by atoms with Crippen LogP contribution in [0.25, 0.3) is 0 Å². The minimum Gasteiger partial charge on any atom is -0.481 e. The largest absolute Gasteiger partial charge is 0.481 e. The van der Waals surface area contributed by atoms with Crippen LogP contribution in [0, 0.1) is 22.7 Å². The number of hydrogen-bond donors (Lipinski definition) is 1. The third-order valence-electron chi connectivity index (χ3n) is 6.67. The second-order valence-corrected chi connectivity index (χ2v) is 8.39. The van der Waals surface area contributed by atoms with Crippen LogP contribution in [0.1, 0.15) is 59.8 Å². The lowest BCUT2D eigenvalue weighted by Gasteiger charge is -2.54. The summed E-state index contributed by atoms with van der Waals surface area (Å²) in [6.07, 6.45) is 4.89. The number of fused-ring (bicyclic) bond motifs is 2. The smallest absolute Gasteiger partial charge is 0.309 e. The van der Waals surface area contributed by atoms with Crippen molar-refractivity contribution in [3.8, 4) is 0 Å². The van der Waals surface area contributed by atoms with Crippen LogP contribution in [0.3, 0.4) is 0 Å². The lowest BCUT2D eigenvalue weighted by Crippen LogP contribution is -2.52. The van der Waals surface area contributed by atoms with Gasteiger partial charge in [-0.05, 0) is 50.5 Å². The van der Waals surface area contributed by atoms with Gasteiger partial charge in [-0.2, -0.15) is 0 Å². The molecule has 0 heterocycles. The maximum absolute atomic E-state index is 12.9. The van der Waals surface area contributed by atoms with Gasteiger partial charge in [0.15, 0.2) is 11.6 Å². The van der Waals surface area contributed by atoms with Gasteiger partial charge in [0.1, 0.15) is 0 Å². The SMILES string of the molecule is CC(C)C1=CC(=O)C2=C(CC[C@H]3[C@@](C)(C(=O)O)CCC[C@]23C)C1=O. The Morgan fingerprint density at radius 1 is 1.25 bits per heavy atom. The van der Waals surface area contributed by atoms with Crippen LogP contribution in [0.15, 0.2) is 22.8 Å². The first-order valence-corrected chi connectivity index (χ1v) is 8.90. The predicted octanol–water partition coefficient (Wildman–Crippen LogP) is 3.71. The fourth-order valence-corrected chi connectivity index (χ4v) is 5.36. The molecule has 0 unspecified atom stereocenters. The fraction of sp³-hybridized carbons (Fsp3) is 0.650. The van der Waals surface area contributed by atoms with Crippen LogP contribution in [0.4, 0.5) is 0 Å². The zero-order chi connectivity index (χ0) is 17.9. The molecule has 0 aliphatic heterocycles. The van der Waals surface area contributed by atoms with Gasteiger partial charge in [-0.15, -0.1) is 0 Å². The molecule has 0 bridgehead atoms. The quantitative estimate of drug-likeness (QED) is 0.784. The van der Waals surface area contributed by atoms with Gasteiger partial charge in [0.05, 0.1) is 5.41 Å². The van der Waals surface area contributed by atoms with Crippen LogP contribution < -0.4 is 0 Å². The molecule has 3 aliphatic carbocycles. The van der Waals surface area contributed by atoms with Crippen molar-refractivity contribution >= 4 is 17.5 Å². The molecule has 4 heteroatoms. The Hall–Kier alpha value is -1.71. The molecule has 1 N–H and O–H groups in total. The van der Waals surface area contributed by atoms with E-state index in [1.54, 1.807) is 0 Å². The molecule has 4 nitrogen and oxygen atoms in total. The van der Waals surface area contributed by atoms with Gasteiger partial charge in [-0.1, -0.05) is 27.2 Å². The Morgan fingerprint density at radius 2 is 1.92 bits per heavy atom. The fourth-order valence-electron chi connectivity index (χ4n) is 5.36.